The minimum absolute atomic E-state index is 0.0828. The van der Waals surface area contributed by atoms with Crippen LogP contribution in [-0.2, 0) is 28.6 Å². The summed E-state index contributed by atoms with van der Waals surface area (Å²) in [6.45, 7) is 6.59. The second kappa shape index (κ2) is 67.4. The molecule has 0 spiro atoms. The lowest BCUT2D eigenvalue weighted by Crippen LogP contribution is -2.30. The molecule has 0 aromatic heterocycles. The van der Waals surface area contributed by atoms with Crippen LogP contribution in [0.25, 0.3) is 0 Å². The van der Waals surface area contributed by atoms with E-state index in [4.69, 9.17) is 14.2 Å². The summed E-state index contributed by atoms with van der Waals surface area (Å²) in [5, 5.41) is 0. The van der Waals surface area contributed by atoms with Crippen LogP contribution in [0, 0.1) is 0 Å². The Morgan fingerprint density at radius 2 is 0.456 bits per heavy atom. The number of carbonyl (C=O) groups excluding carboxylic acids is 3. The number of ether oxygens (including phenoxy) is 3. The van der Waals surface area contributed by atoms with Gasteiger partial charge in [0, 0.05) is 19.3 Å². The van der Waals surface area contributed by atoms with E-state index in [1.54, 1.807) is 0 Å². The van der Waals surface area contributed by atoms with E-state index in [-0.39, 0.29) is 31.1 Å². The zero-order valence-corrected chi connectivity index (χ0v) is 52.6. The molecule has 1 atom stereocenters. The maximum atomic E-state index is 12.9. The zero-order valence-electron chi connectivity index (χ0n) is 52.6. The highest BCUT2D eigenvalue weighted by Crippen LogP contribution is 2.17. The highest BCUT2D eigenvalue weighted by molar-refractivity contribution is 5.71. The van der Waals surface area contributed by atoms with Gasteiger partial charge in [0.15, 0.2) is 6.10 Å². The molecule has 0 aromatic rings. The van der Waals surface area contributed by atoms with Gasteiger partial charge in [0.25, 0.3) is 0 Å². The van der Waals surface area contributed by atoms with Crippen LogP contribution in [0.3, 0.4) is 0 Å². The minimum Gasteiger partial charge on any atom is -0.462 e. The largest absolute Gasteiger partial charge is 0.462 e. The van der Waals surface area contributed by atoms with Gasteiger partial charge in [-0.15, -0.1) is 0 Å². The van der Waals surface area contributed by atoms with Crippen LogP contribution in [-0.4, -0.2) is 37.2 Å². The highest BCUT2D eigenvalue weighted by atomic mass is 16.6. The Hall–Kier alpha value is -3.15. The molecular weight excluding hydrogens is 973 g/mol. The van der Waals surface area contributed by atoms with Gasteiger partial charge in [0.1, 0.15) is 13.2 Å². The fourth-order valence-corrected chi connectivity index (χ4v) is 9.95. The van der Waals surface area contributed by atoms with Crippen molar-refractivity contribution in [3.05, 3.63) is 72.9 Å². The summed E-state index contributed by atoms with van der Waals surface area (Å²) in [6.07, 6.45) is 87.9. The van der Waals surface area contributed by atoms with Gasteiger partial charge < -0.3 is 14.2 Å². The lowest BCUT2D eigenvalue weighted by Gasteiger charge is -2.18. The van der Waals surface area contributed by atoms with Crippen LogP contribution >= 0.6 is 0 Å². The average molecular weight is 1100 g/mol. The van der Waals surface area contributed by atoms with Gasteiger partial charge in [0.05, 0.1) is 0 Å². The molecule has 0 rings (SSSR count). The Balaban J connectivity index is 4.19. The Morgan fingerprint density at radius 3 is 0.722 bits per heavy atom. The van der Waals surface area contributed by atoms with Crippen LogP contribution in [0.4, 0.5) is 0 Å². The average Bonchev–Trinajstić information content (AvgIpc) is 3.45. The first-order valence-electron chi connectivity index (χ1n) is 34.4. The smallest absolute Gasteiger partial charge is 0.306 e. The molecule has 0 aliphatic carbocycles. The molecule has 0 radical (unpaired) electrons. The van der Waals surface area contributed by atoms with Crippen molar-refractivity contribution in [2.75, 3.05) is 13.2 Å². The maximum absolute atomic E-state index is 12.9. The van der Waals surface area contributed by atoms with Crippen LogP contribution in [0.5, 0.6) is 0 Å². The molecule has 0 fully saturated rings. The molecule has 79 heavy (non-hydrogen) atoms. The first kappa shape index (κ1) is 75.8. The molecule has 0 N–H and O–H groups in total. The molecule has 0 heterocycles. The van der Waals surface area contributed by atoms with Crippen LogP contribution in [0.1, 0.15) is 355 Å². The Morgan fingerprint density at radius 1 is 0.253 bits per heavy atom. The van der Waals surface area contributed by atoms with Crippen molar-refractivity contribution < 1.29 is 28.6 Å². The monoisotopic (exact) mass is 1100 g/mol. The van der Waals surface area contributed by atoms with Gasteiger partial charge in [-0.05, 0) is 116 Å². The van der Waals surface area contributed by atoms with Gasteiger partial charge in [0.2, 0.25) is 0 Å². The zero-order chi connectivity index (χ0) is 57.1. The van der Waals surface area contributed by atoms with Gasteiger partial charge in [-0.3, -0.25) is 14.4 Å². The third-order valence-electron chi connectivity index (χ3n) is 15.2. The summed E-state index contributed by atoms with van der Waals surface area (Å²) >= 11 is 0. The Bertz CT molecular complexity index is 1450. The molecule has 0 aliphatic rings. The van der Waals surface area contributed by atoms with E-state index < -0.39 is 6.10 Å². The topological polar surface area (TPSA) is 78.9 Å². The minimum atomic E-state index is -0.788. The predicted octanol–water partition coefficient (Wildman–Crippen LogP) is 23.7. The maximum Gasteiger partial charge on any atom is 0.306 e. The standard InChI is InChI=1S/C73H130O6/c1-4-7-10-13-16-19-22-25-28-29-30-31-32-33-34-35-36-37-38-39-40-41-42-43-46-48-51-54-57-60-63-66-72(75)78-69-70(79-73(76)67-64-61-58-55-52-49-45-27-24-21-18-15-12-9-6-3)68-77-71(74)65-62-59-56-53-50-47-44-26-23-20-17-14-11-8-5-2/h17-18,20-22,25-27,29-30,44-45,70H,4-16,19,23-24,28,31-43,46-69H2,1-3H3/b20-17-,21-18-,25-22-,30-29-,44-26-,45-27-. The van der Waals surface area contributed by atoms with Crippen LogP contribution in [0.2, 0.25) is 0 Å². The van der Waals surface area contributed by atoms with Gasteiger partial charge in [-0.25, -0.2) is 0 Å². The number of allylic oxidation sites excluding steroid dienone is 12. The molecule has 6 heteroatoms. The summed E-state index contributed by atoms with van der Waals surface area (Å²) in [6, 6.07) is 0. The number of carbonyl (C=O) groups is 3. The molecule has 6 nitrogen and oxygen atoms in total. The first-order chi connectivity index (χ1) is 39.0. The Labute approximate surface area is 491 Å². The quantitative estimate of drug-likeness (QED) is 0.0261. The molecular formula is C73H130O6. The van der Waals surface area contributed by atoms with E-state index in [9.17, 15) is 14.4 Å². The van der Waals surface area contributed by atoms with E-state index in [1.165, 1.54) is 205 Å². The van der Waals surface area contributed by atoms with Crippen molar-refractivity contribution in [2.45, 2.75) is 361 Å². The molecule has 1 unspecified atom stereocenters. The number of unbranched alkanes of at least 4 members (excludes halogenated alkanes) is 40. The summed E-state index contributed by atoms with van der Waals surface area (Å²) in [7, 11) is 0. The highest BCUT2D eigenvalue weighted by Gasteiger charge is 2.19. The summed E-state index contributed by atoms with van der Waals surface area (Å²) in [5.74, 6) is -0.894. The van der Waals surface area contributed by atoms with E-state index in [2.05, 4.69) is 93.7 Å². The molecule has 0 aromatic carbocycles. The molecule has 0 saturated heterocycles. The molecule has 0 aliphatic heterocycles. The number of esters is 3. The fourth-order valence-electron chi connectivity index (χ4n) is 9.95. The van der Waals surface area contributed by atoms with E-state index in [0.29, 0.717) is 19.3 Å². The van der Waals surface area contributed by atoms with E-state index in [1.807, 2.05) is 0 Å². The van der Waals surface area contributed by atoms with Crippen LogP contribution in [0.15, 0.2) is 72.9 Å². The molecule has 0 saturated carbocycles. The third kappa shape index (κ3) is 65.5. The second-order valence-corrected chi connectivity index (χ2v) is 23.1. The third-order valence-corrected chi connectivity index (χ3v) is 15.2. The van der Waals surface area contributed by atoms with E-state index in [0.717, 1.165) is 109 Å². The second-order valence-electron chi connectivity index (χ2n) is 23.1. The first-order valence-corrected chi connectivity index (χ1v) is 34.4. The van der Waals surface area contributed by atoms with Gasteiger partial charge in [-0.2, -0.15) is 0 Å². The summed E-state index contributed by atoms with van der Waals surface area (Å²) in [5.41, 5.74) is 0. The number of rotatable bonds is 63. The fraction of sp³-hybridized carbons (Fsp3) is 0.795. The summed E-state index contributed by atoms with van der Waals surface area (Å²) < 4.78 is 16.9. The van der Waals surface area contributed by atoms with Crippen molar-refractivity contribution >= 4 is 17.9 Å². The van der Waals surface area contributed by atoms with Crippen molar-refractivity contribution in [3.63, 3.8) is 0 Å². The van der Waals surface area contributed by atoms with Crippen molar-refractivity contribution in [1.82, 2.24) is 0 Å². The molecule has 458 valence electrons. The number of hydrogen-bond donors (Lipinski definition) is 0. The predicted molar refractivity (Wildman–Crippen MR) is 344 cm³/mol. The SMILES string of the molecule is CCCCC/C=C\C/C=C\CCCCCCCC(=O)OCC(COC(=O)CCCCCCCCCCCCCCCCCCCCC/C=C\C/C=C\CCCCCCC)OC(=O)CCCCCCC/C=C\C/C=C\CCCCC. The lowest BCUT2D eigenvalue weighted by molar-refractivity contribution is -0.167. The molecule has 0 bridgehead atoms. The summed E-state index contributed by atoms with van der Waals surface area (Å²) in [4.78, 5) is 38.3. The number of hydrogen-bond acceptors (Lipinski definition) is 6. The van der Waals surface area contributed by atoms with Crippen molar-refractivity contribution in [1.29, 1.82) is 0 Å². The van der Waals surface area contributed by atoms with Gasteiger partial charge in [-0.1, -0.05) is 293 Å². The lowest BCUT2D eigenvalue weighted by atomic mass is 10.0. The van der Waals surface area contributed by atoms with Crippen molar-refractivity contribution in [3.8, 4) is 0 Å². The normalized spacial score (nSPS) is 12.5. The van der Waals surface area contributed by atoms with Crippen molar-refractivity contribution in [2.24, 2.45) is 0 Å². The van der Waals surface area contributed by atoms with Gasteiger partial charge >= 0.3 is 17.9 Å². The van der Waals surface area contributed by atoms with E-state index >= 15 is 0 Å². The van der Waals surface area contributed by atoms with Crippen LogP contribution < -0.4 is 0 Å². The molecule has 0 amide bonds. The Kier molecular flexibility index (Phi) is 64.7.